The van der Waals surface area contributed by atoms with Gasteiger partial charge < -0.3 is 10.4 Å². The molecule has 0 spiro atoms. The number of hydrogen-bond acceptors (Lipinski definition) is 2. The number of nitrogens with one attached hydrogen (secondary N) is 1. The van der Waals surface area contributed by atoms with Gasteiger partial charge in [0.2, 0.25) is 5.91 Å². The van der Waals surface area contributed by atoms with Crippen LogP contribution in [0.25, 0.3) is 0 Å². The van der Waals surface area contributed by atoms with Gasteiger partial charge in [0.15, 0.2) is 0 Å². The number of hydrogen-bond donors (Lipinski definition) is 2. The third-order valence-electron chi connectivity index (χ3n) is 4.60. The van der Waals surface area contributed by atoms with Gasteiger partial charge in [-0.3, -0.25) is 4.79 Å². The lowest BCUT2D eigenvalue weighted by Gasteiger charge is -2.23. The molecule has 3 heteroatoms. The van der Waals surface area contributed by atoms with Gasteiger partial charge in [-0.15, -0.1) is 0 Å². The molecule has 0 heterocycles. The predicted octanol–water partition coefficient (Wildman–Crippen LogP) is 2.77. The molecule has 0 atom stereocenters. The van der Waals surface area contributed by atoms with E-state index in [1.54, 1.807) is 0 Å². The number of carbonyl (C=O) groups is 1. The molecule has 0 unspecified atom stereocenters. The standard InChI is InChI=1S/C15H27NO2/c17-14(11-13-7-3-1-2-4-8-13)16-12-15(18)9-5-6-10-15/h13,18H,1-12H2,(H,16,17). The fraction of sp³-hybridized carbons (Fsp3) is 0.933. The minimum absolute atomic E-state index is 0.141. The Morgan fingerprint density at radius 2 is 1.67 bits per heavy atom. The van der Waals surface area contributed by atoms with Crippen molar-refractivity contribution in [3.63, 3.8) is 0 Å². The van der Waals surface area contributed by atoms with Crippen LogP contribution in [-0.2, 0) is 4.79 Å². The summed E-state index contributed by atoms with van der Waals surface area (Å²) in [6, 6.07) is 0. The van der Waals surface area contributed by atoms with Crippen molar-refractivity contribution in [3.05, 3.63) is 0 Å². The molecule has 2 aliphatic rings. The molecule has 1 amide bonds. The largest absolute Gasteiger partial charge is 0.388 e. The summed E-state index contributed by atoms with van der Waals surface area (Å²) in [5, 5.41) is 13.1. The van der Waals surface area contributed by atoms with Crippen LogP contribution < -0.4 is 5.32 Å². The first-order valence-corrected chi connectivity index (χ1v) is 7.67. The molecule has 0 bridgehead atoms. The summed E-state index contributed by atoms with van der Waals surface area (Å²) in [6.45, 7) is 0.457. The van der Waals surface area contributed by atoms with Gasteiger partial charge in [-0.1, -0.05) is 38.5 Å². The van der Waals surface area contributed by atoms with E-state index in [0.717, 1.165) is 25.7 Å². The molecule has 0 radical (unpaired) electrons. The summed E-state index contributed by atoms with van der Waals surface area (Å²) in [6.07, 6.45) is 12.2. The number of amides is 1. The summed E-state index contributed by atoms with van der Waals surface area (Å²) >= 11 is 0. The Kier molecular flexibility index (Phi) is 5.04. The zero-order chi connectivity index (χ0) is 12.8. The maximum atomic E-state index is 11.9. The topological polar surface area (TPSA) is 49.3 Å². The van der Waals surface area contributed by atoms with E-state index in [9.17, 15) is 9.90 Å². The Hall–Kier alpha value is -0.570. The monoisotopic (exact) mass is 253 g/mol. The Balaban J connectivity index is 1.67. The summed E-state index contributed by atoms with van der Waals surface area (Å²) in [5.41, 5.74) is -0.612. The SMILES string of the molecule is O=C(CC1CCCCCC1)NCC1(O)CCCC1. The first kappa shape index (κ1) is 13.9. The fourth-order valence-corrected chi connectivity index (χ4v) is 3.38. The Bertz CT molecular complexity index is 264. The van der Waals surface area contributed by atoms with Crippen LogP contribution in [0.1, 0.15) is 70.6 Å². The van der Waals surface area contributed by atoms with Crippen LogP contribution in [0, 0.1) is 5.92 Å². The van der Waals surface area contributed by atoms with Gasteiger partial charge in [0.25, 0.3) is 0 Å². The minimum Gasteiger partial charge on any atom is -0.388 e. The van der Waals surface area contributed by atoms with Crippen LogP contribution in [0.2, 0.25) is 0 Å². The molecule has 0 aromatic rings. The average molecular weight is 253 g/mol. The van der Waals surface area contributed by atoms with Crippen molar-refractivity contribution in [2.45, 2.75) is 76.2 Å². The summed E-state index contributed by atoms with van der Waals surface area (Å²) in [7, 11) is 0. The van der Waals surface area contributed by atoms with Crippen molar-refractivity contribution in [1.82, 2.24) is 5.32 Å². The lowest BCUT2D eigenvalue weighted by molar-refractivity contribution is -0.123. The quantitative estimate of drug-likeness (QED) is 0.757. The molecule has 3 nitrogen and oxygen atoms in total. The summed E-state index contributed by atoms with van der Waals surface area (Å²) in [4.78, 5) is 11.9. The molecule has 0 saturated heterocycles. The predicted molar refractivity (Wildman–Crippen MR) is 72.2 cm³/mol. The van der Waals surface area contributed by atoms with Gasteiger partial charge in [0, 0.05) is 13.0 Å². The molecule has 18 heavy (non-hydrogen) atoms. The highest BCUT2D eigenvalue weighted by Gasteiger charge is 2.31. The number of aliphatic hydroxyl groups is 1. The zero-order valence-electron chi connectivity index (χ0n) is 11.4. The molecule has 0 aliphatic heterocycles. The van der Waals surface area contributed by atoms with Crippen molar-refractivity contribution in [2.75, 3.05) is 6.54 Å². The molecule has 2 fully saturated rings. The fourth-order valence-electron chi connectivity index (χ4n) is 3.38. The molecule has 0 aromatic heterocycles. The number of rotatable bonds is 4. The molecule has 2 saturated carbocycles. The average Bonchev–Trinajstić information content (AvgIpc) is 2.62. The third kappa shape index (κ3) is 4.27. The van der Waals surface area contributed by atoms with E-state index in [-0.39, 0.29) is 5.91 Å². The van der Waals surface area contributed by atoms with Gasteiger partial charge in [0.1, 0.15) is 0 Å². The van der Waals surface area contributed by atoms with E-state index in [2.05, 4.69) is 5.32 Å². The van der Waals surface area contributed by atoms with Crippen LogP contribution in [0.5, 0.6) is 0 Å². The maximum Gasteiger partial charge on any atom is 0.220 e. The van der Waals surface area contributed by atoms with Gasteiger partial charge in [-0.2, -0.15) is 0 Å². The molecule has 2 aliphatic carbocycles. The van der Waals surface area contributed by atoms with E-state index in [1.807, 2.05) is 0 Å². The Morgan fingerprint density at radius 1 is 1.06 bits per heavy atom. The summed E-state index contributed by atoms with van der Waals surface area (Å²) < 4.78 is 0. The zero-order valence-corrected chi connectivity index (χ0v) is 11.4. The van der Waals surface area contributed by atoms with E-state index in [0.29, 0.717) is 18.9 Å². The lowest BCUT2D eigenvalue weighted by atomic mass is 9.96. The lowest BCUT2D eigenvalue weighted by Crippen LogP contribution is -2.41. The van der Waals surface area contributed by atoms with Gasteiger partial charge >= 0.3 is 0 Å². The molecule has 2 N–H and O–H groups in total. The second kappa shape index (κ2) is 6.55. The van der Waals surface area contributed by atoms with Gasteiger partial charge in [0.05, 0.1) is 5.60 Å². The van der Waals surface area contributed by atoms with Crippen LogP contribution in [-0.4, -0.2) is 23.2 Å². The van der Waals surface area contributed by atoms with Crippen molar-refractivity contribution in [2.24, 2.45) is 5.92 Å². The second-order valence-corrected chi connectivity index (χ2v) is 6.27. The van der Waals surface area contributed by atoms with Crippen molar-refractivity contribution >= 4 is 5.91 Å². The Morgan fingerprint density at radius 3 is 2.28 bits per heavy atom. The first-order chi connectivity index (χ1) is 8.68. The molecular formula is C15H27NO2. The van der Waals surface area contributed by atoms with E-state index >= 15 is 0 Å². The minimum atomic E-state index is -0.612. The highest BCUT2D eigenvalue weighted by atomic mass is 16.3. The molecule has 2 rings (SSSR count). The van der Waals surface area contributed by atoms with E-state index in [1.165, 1.54) is 38.5 Å². The van der Waals surface area contributed by atoms with Crippen molar-refractivity contribution < 1.29 is 9.90 Å². The second-order valence-electron chi connectivity index (χ2n) is 6.27. The molecule has 104 valence electrons. The maximum absolute atomic E-state index is 11.9. The van der Waals surface area contributed by atoms with Gasteiger partial charge in [-0.05, 0) is 31.6 Å². The van der Waals surface area contributed by atoms with Crippen LogP contribution in [0.4, 0.5) is 0 Å². The third-order valence-corrected chi connectivity index (χ3v) is 4.60. The van der Waals surface area contributed by atoms with E-state index in [4.69, 9.17) is 0 Å². The first-order valence-electron chi connectivity index (χ1n) is 7.67. The van der Waals surface area contributed by atoms with Crippen molar-refractivity contribution in [1.29, 1.82) is 0 Å². The van der Waals surface area contributed by atoms with Crippen LogP contribution in [0.3, 0.4) is 0 Å². The number of carbonyl (C=O) groups excluding carboxylic acids is 1. The van der Waals surface area contributed by atoms with Crippen LogP contribution >= 0.6 is 0 Å². The van der Waals surface area contributed by atoms with Crippen molar-refractivity contribution in [3.8, 4) is 0 Å². The molecular weight excluding hydrogens is 226 g/mol. The molecule has 0 aromatic carbocycles. The van der Waals surface area contributed by atoms with Gasteiger partial charge in [-0.25, -0.2) is 0 Å². The highest BCUT2D eigenvalue weighted by Crippen LogP contribution is 2.29. The normalized spacial score (nSPS) is 24.7. The summed E-state index contributed by atoms with van der Waals surface area (Å²) in [5.74, 6) is 0.716. The smallest absolute Gasteiger partial charge is 0.220 e. The Labute approximate surface area is 110 Å². The highest BCUT2D eigenvalue weighted by molar-refractivity contribution is 5.76. The van der Waals surface area contributed by atoms with E-state index < -0.39 is 5.60 Å². The van der Waals surface area contributed by atoms with Crippen LogP contribution in [0.15, 0.2) is 0 Å².